The van der Waals surface area contributed by atoms with Crippen molar-refractivity contribution in [2.45, 2.75) is 0 Å². The molecule has 120 heavy (non-hydrogen) atoms. The minimum Gasteiger partial charge on any atom is -0.311 e. The van der Waals surface area contributed by atoms with Crippen LogP contribution in [-0.4, -0.2) is 9.13 Å². The zero-order chi connectivity index (χ0) is 79.7. The van der Waals surface area contributed by atoms with Crippen LogP contribution in [0, 0.1) is 0 Å². The van der Waals surface area contributed by atoms with Crippen molar-refractivity contribution < 1.29 is 0 Å². The normalized spacial score (nSPS) is 11.3. The first-order chi connectivity index (χ1) is 59.5. The summed E-state index contributed by atoms with van der Waals surface area (Å²) in [5.41, 5.74) is 33.1. The molecule has 0 unspecified atom stereocenters. The van der Waals surface area contributed by atoms with Crippen LogP contribution in [0.5, 0.6) is 0 Å². The summed E-state index contributed by atoms with van der Waals surface area (Å²) in [4.78, 5) is 4.65. The molecule has 0 saturated heterocycles. The van der Waals surface area contributed by atoms with E-state index in [4.69, 9.17) is 0 Å². The van der Waals surface area contributed by atoms with Crippen molar-refractivity contribution in [2.24, 2.45) is 0 Å². The topological polar surface area (TPSA) is 16.3 Å². The molecule has 0 amide bonds. The van der Waals surface area contributed by atoms with Gasteiger partial charge in [0.15, 0.2) is 0 Å². The lowest BCUT2D eigenvalue weighted by Crippen LogP contribution is -2.09. The van der Waals surface area contributed by atoms with Gasteiger partial charge in [-0.1, -0.05) is 346 Å². The van der Waals surface area contributed by atoms with Gasteiger partial charge in [0.05, 0.1) is 22.1 Å². The van der Waals surface area contributed by atoms with E-state index in [0.29, 0.717) is 0 Å². The van der Waals surface area contributed by atoms with Crippen LogP contribution in [0.15, 0.2) is 485 Å². The fourth-order valence-corrected chi connectivity index (χ4v) is 17.5. The van der Waals surface area contributed by atoms with E-state index in [1.54, 1.807) is 0 Å². The van der Waals surface area contributed by atoms with Crippen molar-refractivity contribution >= 4 is 99.3 Å². The molecule has 0 spiro atoms. The number of aromatic nitrogens is 2. The first-order valence-corrected chi connectivity index (χ1v) is 41.2. The summed E-state index contributed by atoms with van der Waals surface area (Å²) in [6, 6.07) is 175. The van der Waals surface area contributed by atoms with Gasteiger partial charge in [-0.15, -0.1) is 0 Å². The molecule has 2 heterocycles. The van der Waals surface area contributed by atoms with E-state index >= 15 is 0 Å². The number of rotatable bonds is 16. The van der Waals surface area contributed by atoms with E-state index in [-0.39, 0.29) is 0 Å². The zero-order valence-electron chi connectivity index (χ0n) is 66.0. The monoisotopic (exact) mass is 1530 g/mol. The highest BCUT2D eigenvalue weighted by molar-refractivity contribution is 6.12. The maximum atomic E-state index is 2.39. The molecule has 0 N–H and O–H groups in total. The highest BCUT2D eigenvalue weighted by atomic mass is 15.1. The van der Waals surface area contributed by atoms with Crippen LogP contribution in [0.3, 0.4) is 0 Å². The quantitative estimate of drug-likeness (QED) is 0.0959. The second-order valence-electron chi connectivity index (χ2n) is 30.8. The number of hydrogen-bond acceptors (Lipinski definition) is 2. The van der Waals surface area contributed by atoms with E-state index in [9.17, 15) is 0 Å². The Labute approximate surface area is 699 Å². The summed E-state index contributed by atoms with van der Waals surface area (Å²) in [6.45, 7) is 0. The van der Waals surface area contributed by atoms with Crippen molar-refractivity contribution in [3.8, 4) is 100 Å². The third-order valence-electron chi connectivity index (χ3n) is 23.6. The molecule has 22 aromatic rings. The SMILES string of the molecule is c1ccc(-c2ccc(-n3c4ccccc4c4cc(-c5ccc(-c6ccc(N(c7ccccc7)c7ccc(-c8ccc9ccccc9c8)cc7)cc6)cc5)ccc43)cc2)cc1.c1ccc(-c2ccc(-n3c4ccccc4c4cc(-c5ccc(-c6ccc(N(c7ccccc7)c7ccc(-c8cccc9ccccc89)cc7)cc6)cc5)ccc43)cc2)cc1. The van der Waals surface area contributed by atoms with Gasteiger partial charge in [0.1, 0.15) is 0 Å². The second kappa shape index (κ2) is 31.7. The molecule has 0 aliphatic carbocycles. The number of nitrogens with zero attached hydrogens (tertiary/aromatic N) is 4. The Morgan fingerprint density at radius 1 is 0.133 bits per heavy atom. The van der Waals surface area contributed by atoms with Gasteiger partial charge < -0.3 is 18.9 Å². The van der Waals surface area contributed by atoms with E-state index in [2.05, 4.69) is 504 Å². The van der Waals surface area contributed by atoms with Crippen molar-refractivity contribution in [3.63, 3.8) is 0 Å². The van der Waals surface area contributed by atoms with Gasteiger partial charge in [-0.25, -0.2) is 0 Å². The predicted octanol–water partition coefficient (Wildman–Crippen LogP) is 32.1. The number of hydrogen-bond donors (Lipinski definition) is 0. The smallest absolute Gasteiger partial charge is 0.0541 e. The van der Waals surface area contributed by atoms with Gasteiger partial charge in [0, 0.05) is 67.0 Å². The molecular formula is C116H80N4. The fraction of sp³-hybridized carbons (Fsp3) is 0. The molecule has 0 aliphatic rings. The van der Waals surface area contributed by atoms with Crippen LogP contribution in [0.4, 0.5) is 34.1 Å². The summed E-state index contributed by atoms with van der Waals surface area (Å²) in [5.74, 6) is 0. The Morgan fingerprint density at radius 2 is 0.392 bits per heavy atom. The molecule has 564 valence electrons. The number of fused-ring (bicyclic) bond motifs is 8. The standard InChI is InChI=1S/2C58H40N2/c1-3-12-41(13-4-1)43-28-35-52(36-29-43)60-57-21-10-9-19-55(57)56-40-48(32-39-58(56)60)45-24-22-42(23-25-45)44-26-33-50(34-27-44)59(49-16-5-2-6-17-49)51-37-30-47(31-38-51)54-20-11-15-46-14-7-8-18-53(46)54;1-3-11-41(12-4-1)44-27-36-54(37-28-44)60-57-18-10-9-17-55(57)56-40-50(31-38-58(56)60)46-21-19-43(20-22-46)45-25-32-52(33-26-45)59(51-15-5-2-6-16-51)53-34-29-47(30-35-53)49-24-23-42-13-7-8-14-48(42)39-49/h2*1-40H. The van der Waals surface area contributed by atoms with Gasteiger partial charge >= 0.3 is 0 Å². The Bertz CT molecular complexity index is 7400. The first-order valence-electron chi connectivity index (χ1n) is 41.2. The lowest BCUT2D eigenvalue weighted by atomic mass is 9.98. The maximum Gasteiger partial charge on any atom is 0.0541 e. The van der Waals surface area contributed by atoms with Gasteiger partial charge in [0.2, 0.25) is 0 Å². The van der Waals surface area contributed by atoms with Crippen molar-refractivity contribution in [1.29, 1.82) is 0 Å². The van der Waals surface area contributed by atoms with Crippen LogP contribution in [0.25, 0.3) is 166 Å². The summed E-state index contributed by atoms with van der Waals surface area (Å²) in [5, 5.41) is 10.0. The molecule has 4 nitrogen and oxygen atoms in total. The van der Waals surface area contributed by atoms with E-state index in [1.807, 2.05) is 0 Å². The van der Waals surface area contributed by atoms with Crippen LogP contribution in [-0.2, 0) is 0 Å². The summed E-state index contributed by atoms with van der Waals surface area (Å²) in [7, 11) is 0. The first kappa shape index (κ1) is 71.9. The Kier molecular flexibility index (Phi) is 19.0. The van der Waals surface area contributed by atoms with E-state index in [0.717, 1.165) is 45.5 Å². The van der Waals surface area contributed by atoms with E-state index in [1.165, 1.54) is 154 Å². The number of para-hydroxylation sites is 4. The largest absolute Gasteiger partial charge is 0.311 e. The summed E-state index contributed by atoms with van der Waals surface area (Å²) < 4.78 is 4.77. The summed E-state index contributed by atoms with van der Waals surface area (Å²) >= 11 is 0. The van der Waals surface area contributed by atoms with Crippen molar-refractivity contribution in [2.75, 3.05) is 9.80 Å². The molecule has 4 heteroatoms. The highest BCUT2D eigenvalue weighted by Gasteiger charge is 2.20. The zero-order valence-corrected chi connectivity index (χ0v) is 66.0. The molecule has 0 bridgehead atoms. The lowest BCUT2D eigenvalue weighted by molar-refractivity contribution is 1.18. The van der Waals surface area contributed by atoms with Crippen molar-refractivity contribution in [1.82, 2.24) is 9.13 Å². The third-order valence-corrected chi connectivity index (χ3v) is 23.6. The minimum atomic E-state index is 1.11. The van der Waals surface area contributed by atoms with Gasteiger partial charge in [-0.2, -0.15) is 0 Å². The van der Waals surface area contributed by atoms with Gasteiger partial charge in [0.25, 0.3) is 0 Å². The maximum absolute atomic E-state index is 2.39. The van der Waals surface area contributed by atoms with Gasteiger partial charge in [-0.05, 0) is 250 Å². The fourth-order valence-electron chi connectivity index (χ4n) is 17.5. The molecule has 2 aromatic heterocycles. The molecule has 0 radical (unpaired) electrons. The molecule has 0 saturated carbocycles. The molecule has 0 aliphatic heterocycles. The van der Waals surface area contributed by atoms with E-state index < -0.39 is 0 Å². The predicted molar refractivity (Wildman–Crippen MR) is 509 cm³/mol. The average Bonchev–Trinajstić information content (AvgIpc) is 1.59. The van der Waals surface area contributed by atoms with Crippen LogP contribution in [0.2, 0.25) is 0 Å². The Hall–Kier alpha value is -15.9. The van der Waals surface area contributed by atoms with Crippen molar-refractivity contribution in [3.05, 3.63) is 485 Å². The molecule has 22 rings (SSSR count). The Balaban J connectivity index is 0.000000148. The second-order valence-corrected chi connectivity index (χ2v) is 30.8. The number of benzene rings is 20. The van der Waals surface area contributed by atoms with Gasteiger partial charge in [-0.3, -0.25) is 0 Å². The average molecular weight is 1530 g/mol. The molecule has 0 fully saturated rings. The van der Waals surface area contributed by atoms with Crippen LogP contribution in [0.1, 0.15) is 0 Å². The number of anilines is 6. The Morgan fingerprint density at radius 3 is 0.800 bits per heavy atom. The molecule has 0 atom stereocenters. The molecule has 20 aromatic carbocycles. The minimum absolute atomic E-state index is 1.11. The van der Waals surface area contributed by atoms with Crippen LogP contribution < -0.4 is 9.80 Å². The highest BCUT2D eigenvalue weighted by Crippen LogP contribution is 2.44. The third kappa shape index (κ3) is 14.0. The summed E-state index contributed by atoms with van der Waals surface area (Å²) in [6.07, 6.45) is 0. The lowest BCUT2D eigenvalue weighted by Gasteiger charge is -2.26. The van der Waals surface area contributed by atoms with Crippen LogP contribution >= 0.6 is 0 Å². The molecular weight excluding hydrogens is 1450 g/mol.